The van der Waals surface area contributed by atoms with Crippen LogP contribution in [0.5, 0.6) is 0 Å². The first-order chi connectivity index (χ1) is 10.2. The molecule has 0 radical (unpaired) electrons. The fourth-order valence-electron chi connectivity index (χ4n) is 3.43. The summed E-state index contributed by atoms with van der Waals surface area (Å²) in [6.07, 6.45) is 5.53. The summed E-state index contributed by atoms with van der Waals surface area (Å²) < 4.78 is 0. The molecule has 1 nitrogen and oxygen atoms in total. The van der Waals surface area contributed by atoms with Crippen LogP contribution in [0, 0.1) is 12.8 Å². The minimum atomic E-state index is 0.401. The second kappa shape index (κ2) is 6.76. The summed E-state index contributed by atoms with van der Waals surface area (Å²) in [5.74, 6) is 0.802. The van der Waals surface area contributed by atoms with E-state index in [2.05, 4.69) is 60.9 Å². The van der Waals surface area contributed by atoms with Crippen LogP contribution in [0.3, 0.4) is 0 Å². The van der Waals surface area contributed by atoms with Crippen molar-refractivity contribution in [1.82, 2.24) is 5.32 Å². The average Bonchev–Trinajstić information content (AvgIpc) is 3.19. The van der Waals surface area contributed by atoms with Crippen LogP contribution in [-0.4, -0.2) is 0 Å². The van der Waals surface area contributed by atoms with Crippen LogP contribution in [0.2, 0.25) is 0 Å². The minimum absolute atomic E-state index is 0.401. The summed E-state index contributed by atoms with van der Waals surface area (Å²) in [5.41, 5.74) is 2.72. The summed E-state index contributed by atoms with van der Waals surface area (Å²) >= 11 is 1.90. The van der Waals surface area contributed by atoms with Crippen LogP contribution in [-0.2, 0) is 0 Å². The highest BCUT2D eigenvalue weighted by Gasteiger charge is 2.28. The maximum absolute atomic E-state index is 3.91. The van der Waals surface area contributed by atoms with Crippen molar-refractivity contribution in [3.63, 3.8) is 0 Å². The monoisotopic (exact) mass is 299 g/mol. The Morgan fingerprint density at radius 2 is 1.81 bits per heavy atom. The van der Waals surface area contributed by atoms with Gasteiger partial charge in [-0.25, -0.2) is 0 Å². The van der Waals surface area contributed by atoms with Crippen molar-refractivity contribution in [2.75, 3.05) is 0 Å². The topological polar surface area (TPSA) is 12.0 Å². The molecule has 2 heteroatoms. The number of rotatable bonds is 5. The lowest BCUT2D eigenvalue weighted by molar-refractivity contribution is 0.343. The second-order valence-corrected chi connectivity index (χ2v) is 7.32. The highest BCUT2D eigenvalue weighted by Crippen LogP contribution is 2.38. The molecular formula is C19H25NS. The summed E-state index contributed by atoms with van der Waals surface area (Å²) in [5, 5.41) is 6.11. The van der Waals surface area contributed by atoms with E-state index in [1.165, 1.54) is 41.7 Å². The van der Waals surface area contributed by atoms with E-state index >= 15 is 0 Å². The summed E-state index contributed by atoms with van der Waals surface area (Å²) in [6, 6.07) is 14.3. The van der Waals surface area contributed by atoms with E-state index in [1.807, 2.05) is 11.3 Å². The maximum atomic E-state index is 3.91. The first-order valence-corrected chi connectivity index (χ1v) is 8.98. The predicted molar refractivity (Wildman–Crippen MR) is 91.7 cm³/mol. The average molecular weight is 299 g/mol. The standard InChI is InChI=1S/C19H25NS/c1-14-9-11-16(12-10-14)15(2)20-19(17-6-3-4-7-17)18-8-5-13-21-18/h5,8-13,15,17,19-20H,3-4,6-7H2,1-2H3/t15-,19?/m0/s1. The van der Waals surface area contributed by atoms with E-state index in [9.17, 15) is 0 Å². The first-order valence-electron chi connectivity index (χ1n) is 8.10. The summed E-state index contributed by atoms with van der Waals surface area (Å²) in [6.45, 7) is 4.44. The Morgan fingerprint density at radius 3 is 2.43 bits per heavy atom. The fraction of sp³-hybridized carbons (Fsp3) is 0.474. The molecule has 112 valence electrons. The molecule has 0 saturated heterocycles. The van der Waals surface area contributed by atoms with Crippen LogP contribution >= 0.6 is 11.3 Å². The van der Waals surface area contributed by atoms with Crippen LogP contribution < -0.4 is 5.32 Å². The van der Waals surface area contributed by atoms with Crippen LogP contribution in [0.15, 0.2) is 41.8 Å². The number of hydrogen-bond donors (Lipinski definition) is 1. The lowest BCUT2D eigenvalue weighted by Crippen LogP contribution is -2.29. The molecule has 0 amide bonds. The molecule has 2 atom stereocenters. The molecule has 1 aliphatic rings. The molecule has 1 saturated carbocycles. The van der Waals surface area contributed by atoms with Gasteiger partial charge in [0.05, 0.1) is 0 Å². The molecule has 1 heterocycles. The van der Waals surface area contributed by atoms with E-state index in [1.54, 1.807) is 0 Å². The zero-order valence-electron chi connectivity index (χ0n) is 13.0. The van der Waals surface area contributed by atoms with Gasteiger partial charge in [0, 0.05) is 17.0 Å². The van der Waals surface area contributed by atoms with Crippen LogP contribution in [0.4, 0.5) is 0 Å². The minimum Gasteiger partial charge on any atom is -0.302 e. The van der Waals surface area contributed by atoms with Crippen LogP contribution in [0.25, 0.3) is 0 Å². The number of benzene rings is 1. The molecule has 0 bridgehead atoms. The van der Waals surface area contributed by atoms with Gasteiger partial charge in [0.1, 0.15) is 0 Å². The third-order valence-electron chi connectivity index (χ3n) is 4.73. The van der Waals surface area contributed by atoms with Crippen molar-refractivity contribution >= 4 is 11.3 Å². The molecule has 1 aromatic carbocycles. The Balaban J connectivity index is 1.76. The van der Waals surface area contributed by atoms with E-state index in [0.29, 0.717) is 12.1 Å². The fourth-order valence-corrected chi connectivity index (χ4v) is 4.31. The number of aryl methyl sites for hydroxylation is 1. The third kappa shape index (κ3) is 3.56. The van der Waals surface area contributed by atoms with Gasteiger partial charge in [-0.15, -0.1) is 11.3 Å². The molecule has 0 aliphatic heterocycles. The maximum Gasteiger partial charge on any atom is 0.0448 e. The molecule has 0 spiro atoms. The predicted octanol–water partition coefficient (Wildman–Crippen LogP) is 5.64. The van der Waals surface area contributed by atoms with Gasteiger partial charge in [0.25, 0.3) is 0 Å². The summed E-state index contributed by atoms with van der Waals surface area (Å²) in [4.78, 5) is 1.50. The van der Waals surface area contributed by atoms with Gasteiger partial charge in [0.2, 0.25) is 0 Å². The SMILES string of the molecule is Cc1ccc([C@H](C)NC(c2cccs2)C2CCCC2)cc1. The highest BCUT2D eigenvalue weighted by molar-refractivity contribution is 7.10. The molecular weight excluding hydrogens is 274 g/mol. The largest absolute Gasteiger partial charge is 0.302 e. The highest BCUT2D eigenvalue weighted by atomic mass is 32.1. The van der Waals surface area contributed by atoms with E-state index in [-0.39, 0.29) is 0 Å². The van der Waals surface area contributed by atoms with Gasteiger partial charge in [0.15, 0.2) is 0 Å². The van der Waals surface area contributed by atoms with Crippen LogP contribution in [0.1, 0.15) is 60.7 Å². The number of hydrogen-bond acceptors (Lipinski definition) is 2. The molecule has 1 N–H and O–H groups in total. The second-order valence-electron chi connectivity index (χ2n) is 6.34. The zero-order valence-corrected chi connectivity index (χ0v) is 13.8. The van der Waals surface area contributed by atoms with Gasteiger partial charge in [-0.1, -0.05) is 48.7 Å². The quantitative estimate of drug-likeness (QED) is 0.753. The molecule has 3 rings (SSSR count). The lowest BCUT2D eigenvalue weighted by Gasteiger charge is -2.28. The lowest BCUT2D eigenvalue weighted by atomic mass is 9.95. The number of nitrogens with one attached hydrogen (secondary N) is 1. The molecule has 2 aromatic rings. The molecule has 1 aromatic heterocycles. The van der Waals surface area contributed by atoms with E-state index in [4.69, 9.17) is 0 Å². The van der Waals surface area contributed by atoms with Crippen molar-refractivity contribution < 1.29 is 0 Å². The van der Waals surface area contributed by atoms with Crippen molar-refractivity contribution in [3.8, 4) is 0 Å². The van der Waals surface area contributed by atoms with Gasteiger partial charge in [-0.3, -0.25) is 0 Å². The van der Waals surface area contributed by atoms with Gasteiger partial charge in [-0.05, 0) is 49.6 Å². The Morgan fingerprint density at radius 1 is 1.10 bits per heavy atom. The van der Waals surface area contributed by atoms with Crippen molar-refractivity contribution in [2.24, 2.45) is 5.92 Å². The number of thiophene rings is 1. The smallest absolute Gasteiger partial charge is 0.0448 e. The third-order valence-corrected chi connectivity index (χ3v) is 5.68. The zero-order chi connectivity index (χ0) is 14.7. The molecule has 21 heavy (non-hydrogen) atoms. The van der Waals surface area contributed by atoms with Crippen molar-refractivity contribution in [3.05, 3.63) is 57.8 Å². The van der Waals surface area contributed by atoms with E-state index < -0.39 is 0 Å². The van der Waals surface area contributed by atoms with Gasteiger partial charge < -0.3 is 5.32 Å². The Bertz CT molecular complexity index is 537. The Kier molecular flexibility index (Phi) is 4.77. The van der Waals surface area contributed by atoms with Gasteiger partial charge in [-0.2, -0.15) is 0 Å². The van der Waals surface area contributed by atoms with Crippen molar-refractivity contribution in [2.45, 2.75) is 51.6 Å². The Hall–Kier alpha value is -1.12. The molecule has 1 aliphatic carbocycles. The van der Waals surface area contributed by atoms with Gasteiger partial charge >= 0.3 is 0 Å². The molecule has 1 fully saturated rings. The van der Waals surface area contributed by atoms with E-state index in [0.717, 1.165) is 5.92 Å². The summed E-state index contributed by atoms with van der Waals surface area (Å²) in [7, 11) is 0. The van der Waals surface area contributed by atoms with Crippen molar-refractivity contribution in [1.29, 1.82) is 0 Å². The Labute approximate surface area is 132 Å². The normalized spacial score (nSPS) is 18.8. The molecule has 1 unspecified atom stereocenters. The first kappa shape index (κ1) is 14.8.